The van der Waals surface area contributed by atoms with Gasteiger partial charge in [0.05, 0.1) is 19.1 Å². The van der Waals surface area contributed by atoms with Gasteiger partial charge in [-0.1, -0.05) is 12.1 Å². The standard InChI is InChI=1S/C16H22N2O4/c1-11-4-3-5-12(8-11)22-7-6-15(19)18-10-13(21-2)9-14(18)16(17)20/h3-5,8,13-14H,6-7,9-10H2,1-2H3,(H2,17,20)/t13-,14-/m0/s1. The average Bonchev–Trinajstić information content (AvgIpc) is 2.92. The van der Waals surface area contributed by atoms with Crippen molar-refractivity contribution in [3.05, 3.63) is 29.8 Å². The van der Waals surface area contributed by atoms with Gasteiger partial charge in [0.2, 0.25) is 11.8 Å². The Morgan fingerprint density at radius 2 is 2.18 bits per heavy atom. The molecule has 1 aromatic rings. The summed E-state index contributed by atoms with van der Waals surface area (Å²) in [6.07, 6.45) is 0.518. The number of nitrogens with two attached hydrogens (primary N) is 1. The lowest BCUT2D eigenvalue weighted by atomic mass is 10.2. The molecule has 120 valence electrons. The summed E-state index contributed by atoms with van der Waals surface area (Å²) in [4.78, 5) is 25.2. The Bertz CT molecular complexity index is 547. The number of carbonyl (C=O) groups excluding carboxylic acids is 2. The molecule has 1 aliphatic rings. The molecule has 1 heterocycles. The minimum absolute atomic E-state index is 0.140. The van der Waals surface area contributed by atoms with Crippen LogP contribution >= 0.6 is 0 Å². The van der Waals surface area contributed by atoms with Crippen molar-refractivity contribution >= 4 is 11.8 Å². The number of aryl methyl sites for hydroxylation is 1. The van der Waals surface area contributed by atoms with Gasteiger partial charge < -0.3 is 20.1 Å². The highest BCUT2D eigenvalue weighted by molar-refractivity contribution is 5.87. The van der Waals surface area contributed by atoms with E-state index in [1.54, 1.807) is 7.11 Å². The molecular weight excluding hydrogens is 284 g/mol. The molecule has 0 bridgehead atoms. The van der Waals surface area contributed by atoms with Gasteiger partial charge in [-0.3, -0.25) is 9.59 Å². The summed E-state index contributed by atoms with van der Waals surface area (Å²) in [6.45, 7) is 2.64. The van der Waals surface area contributed by atoms with E-state index in [9.17, 15) is 9.59 Å². The zero-order chi connectivity index (χ0) is 16.1. The van der Waals surface area contributed by atoms with Crippen LogP contribution in [0.25, 0.3) is 0 Å². The summed E-state index contributed by atoms with van der Waals surface area (Å²) in [6, 6.07) is 7.05. The van der Waals surface area contributed by atoms with Crippen molar-refractivity contribution in [3.8, 4) is 5.75 Å². The summed E-state index contributed by atoms with van der Waals surface area (Å²) in [5.74, 6) is 0.0962. The van der Waals surface area contributed by atoms with Crippen molar-refractivity contribution in [2.24, 2.45) is 5.73 Å². The molecule has 1 fully saturated rings. The minimum atomic E-state index is -0.587. The number of methoxy groups -OCH3 is 1. The highest BCUT2D eigenvalue weighted by Gasteiger charge is 2.38. The topological polar surface area (TPSA) is 81.9 Å². The van der Waals surface area contributed by atoms with Crippen LogP contribution in [0.4, 0.5) is 0 Å². The van der Waals surface area contributed by atoms with Gasteiger partial charge in [0.25, 0.3) is 0 Å². The highest BCUT2D eigenvalue weighted by Crippen LogP contribution is 2.21. The van der Waals surface area contributed by atoms with Gasteiger partial charge in [-0.25, -0.2) is 0 Å². The maximum Gasteiger partial charge on any atom is 0.240 e. The molecule has 2 atom stereocenters. The van der Waals surface area contributed by atoms with E-state index < -0.39 is 11.9 Å². The number of nitrogens with zero attached hydrogens (tertiary/aromatic N) is 1. The number of amides is 2. The number of primary amides is 1. The molecule has 1 aromatic carbocycles. The molecule has 0 spiro atoms. The highest BCUT2D eigenvalue weighted by atomic mass is 16.5. The van der Waals surface area contributed by atoms with Gasteiger partial charge in [0.15, 0.2) is 0 Å². The fourth-order valence-electron chi connectivity index (χ4n) is 2.62. The van der Waals surface area contributed by atoms with Crippen molar-refractivity contribution in [3.63, 3.8) is 0 Å². The maximum absolute atomic E-state index is 12.3. The minimum Gasteiger partial charge on any atom is -0.493 e. The van der Waals surface area contributed by atoms with Crippen LogP contribution in [-0.4, -0.2) is 49.1 Å². The molecule has 2 rings (SSSR count). The molecule has 6 nitrogen and oxygen atoms in total. The van der Waals surface area contributed by atoms with Gasteiger partial charge in [0, 0.05) is 20.1 Å². The smallest absolute Gasteiger partial charge is 0.240 e. The fraction of sp³-hybridized carbons (Fsp3) is 0.500. The molecule has 1 aliphatic heterocycles. The van der Waals surface area contributed by atoms with Crippen LogP contribution in [0.15, 0.2) is 24.3 Å². The molecular formula is C16H22N2O4. The van der Waals surface area contributed by atoms with Gasteiger partial charge in [-0.2, -0.15) is 0 Å². The molecule has 0 aliphatic carbocycles. The number of benzene rings is 1. The molecule has 0 saturated carbocycles. The zero-order valence-corrected chi connectivity index (χ0v) is 13.0. The third kappa shape index (κ3) is 3.98. The van der Waals surface area contributed by atoms with Crippen LogP contribution in [0.3, 0.4) is 0 Å². The lowest BCUT2D eigenvalue weighted by Gasteiger charge is -2.22. The van der Waals surface area contributed by atoms with E-state index in [-0.39, 0.29) is 25.0 Å². The number of hydrogen-bond donors (Lipinski definition) is 1. The van der Waals surface area contributed by atoms with E-state index in [1.807, 2.05) is 31.2 Å². The zero-order valence-electron chi connectivity index (χ0n) is 13.0. The van der Waals surface area contributed by atoms with Crippen molar-refractivity contribution in [1.82, 2.24) is 4.90 Å². The second kappa shape index (κ2) is 7.26. The number of carbonyl (C=O) groups is 2. The summed E-state index contributed by atoms with van der Waals surface area (Å²) < 4.78 is 10.8. The Morgan fingerprint density at radius 3 is 2.82 bits per heavy atom. The Balaban J connectivity index is 1.87. The number of likely N-dealkylation sites (tertiary alicyclic amines) is 1. The second-order valence-corrected chi connectivity index (χ2v) is 5.47. The second-order valence-electron chi connectivity index (χ2n) is 5.47. The monoisotopic (exact) mass is 306 g/mol. The lowest BCUT2D eigenvalue weighted by molar-refractivity contribution is -0.137. The first kappa shape index (κ1) is 16.3. The van der Waals surface area contributed by atoms with E-state index in [0.717, 1.165) is 11.3 Å². The fourth-order valence-corrected chi connectivity index (χ4v) is 2.62. The Hall–Kier alpha value is -2.08. The van der Waals surface area contributed by atoms with Crippen molar-refractivity contribution in [2.75, 3.05) is 20.3 Å². The van der Waals surface area contributed by atoms with Crippen LogP contribution < -0.4 is 10.5 Å². The molecule has 2 N–H and O–H groups in total. The van der Waals surface area contributed by atoms with Crippen LogP contribution in [-0.2, 0) is 14.3 Å². The van der Waals surface area contributed by atoms with E-state index in [1.165, 1.54) is 4.90 Å². The van der Waals surface area contributed by atoms with Crippen molar-refractivity contribution in [1.29, 1.82) is 0 Å². The molecule has 2 amide bonds. The normalized spacial score (nSPS) is 20.9. The predicted octanol–water partition coefficient (Wildman–Crippen LogP) is 0.865. The van der Waals surface area contributed by atoms with Gasteiger partial charge in [-0.15, -0.1) is 0 Å². The number of ether oxygens (including phenoxy) is 2. The molecule has 0 unspecified atom stereocenters. The van der Waals surface area contributed by atoms with E-state index in [0.29, 0.717) is 13.0 Å². The van der Waals surface area contributed by atoms with Crippen LogP contribution in [0.5, 0.6) is 5.75 Å². The SMILES string of the molecule is CO[C@H]1C[C@@H](C(N)=O)N(C(=O)CCOc2cccc(C)c2)C1. The van der Waals surface area contributed by atoms with Gasteiger partial charge in [0.1, 0.15) is 11.8 Å². The van der Waals surface area contributed by atoms with Crippen molar-refractivity contribution < 1.29 is 19.1 Å². The Morgan fingerprint density at radius 1 is 1.41 bits per heavy atom. The number of rotatable bonds is 6. The van der Waals surface area contributed by atoms with E-state index >= 15 is 0 Å². The van der Waals surface area contributed by atoms with E-state index in [4.69, 9.17) is 15.2 Å². The Kier molecular flexibility index (Phi) is 5.38. The molecule has 6 heteroatoms. The molecule has 22 heavy (non-hydrogen) atoms. The average molecular weight is 306 g/mol. The Labute approximate surface area is 130 Å². The number of hydrogen-bond acceptors (Lipinski definition) is 4. The third-order valence-electron chi connectivity index (χ3n) is 3.82. The van der Waals surface area contributed by atoms with Gasteiger partial charge in [-0.05, 0) is 24.6 Å². The molecule has 0 radical (unpaired) electrons. The van der Waals surface area contributed by atoms with Crippen LogP contribution in [0, 0.1) is 6.92 Å². The first-order chi connectivity index (χ1) is 10.5. The summed E-state index contributed by atoms with van der Waals surface area (Å²) in [5, 5.41) is 0. The third-order valence-corrected chi connectivity index (χ3v) is 3.82. The van der Waals surface area contributed by atoms with Crippen LogP contribution in [0.1, 0.15) is 18.4 Å². The summed E-state index contributed by atoms with van der Waals surface area (Å²) in [5.41, 5.74) is 6.46. The first-order valence-corrected chi connectivity index (χ1v) is 7.32. The maximum atomic E-state index is 12.3. The quantitative estimate of drug-likeness (QED) is 0.845. The predicted molar refractivity (Wildman–Crippen MR) is 81.4 cm³/mol. The summed E-state index contributed by atoms with van der Waals surface area (Å²) in [7, 11) is 1.57. The summed E-state index contributed by atoms with van der Waals surface area (Å²) >= 11 is 0. The lowest BCUT2D eigenvalue weighted by Crippen LogP contribution is -2.44. The van der Waals surface area contributed by atoms with E-state index in [2.05, 4.69) is 0 Å². The van der Waals surface area contributed by atoms with Crippen LogP contribution in [0.2, 0.25) is 0 Å². The van der Waals surface area contributed by atoms with Gasteiger partial charge >= 0.3 is 0 Å². The molecule has 0 aromatic heterocycles. The van der Waals surface area contributed by atoms with Crippen molar-refractivity contribution in [2.45, 2.75) is 31.9 Å². The molecule has 1 saturated heterocycles. The first-order valence-electron chi connectivity index (χ1n) is 7.32. The largest absolute Gasteiger partial charge is 0.493 e.